The van der Waals surface area contributed by atoms with Gasteiger partial charge in [0.25, 0.3) is 11.5 Å². The van der Waals surface area contributed by atoms with E-state index in [0.29, 0.717) is 19.0 Å². The maximum absolute atomic E-state index is 13.1. The summed E-state index contributed by atoms with van der Waals surface area (Å²) in [5.41, 5.74) is 1.04. The number of aryl methyl sites for hydroxylation is 1. The van der Waals surface area contributed by atoms with E-state index in [1.807, 2.05) is 28.8 Å². The number of amides is 1. The van der Waals surface area contributed by atoms with Crippen molar-refractivity contribution >= 4 is 11.7 Å². The summed E-state index contributed by atoms with van der Waals surface area (Å²) in [6.45, 7) is 2.79. The average Bonchev–Trinajstić information content (AvgIpc) is 3.31. The summed E-state index contributed by atoms with van der Waals surface area (Å²) in [5, 5.41) is 2.87. The number of carbonyl (C=O) groups excluding carboxylic acids is 1. The molecule has 0 unspecified atom stereocenters. The minimum absolute atomic E-state index is 0.189. The van der Waals surface area contributed by atoms with Crippen LogP contribution in [0.2, 0.25) is 0 Å². The highest BCUT2D eigenvalue weighted by molar-refractivity contribution is 5.93. The van der Waals surface area contributed by atoms with Gasteiger partial charge in [-0.25, -0.2) is 9.97 Å². The van der Waals surface area contributed by atoms with Gasteiger partial charge in [-0.3, -0.25) is 9.59 Å². The van der Waals surface area contributed by atoms with Crippen LogP contribution in [0.3, 0.4) is 0 Å². The SMILES string of the molecule is O=C(NCCCc1ccco1)c1ccc2n(c1=O)C[C@H]1C[C@@H]2CN(c2ccncn2)C1. The van der Waals surface area contributed by atoms with E-state index < -0.39 is 0 Å². The second kappa shape index (κ2) is 8.37. The zero-order valence-electron chi connectivity index (χ0n) is 17.2. The number of nitrogens with one attached hydrogen (secondary N) is 1. The van der Waals surface area contributed by atoms with Crippen molar-refractivity contribution in [2.45, 2.75) is 31.7 Å². The summed E-state index contributed by atoms with van der Waals surface area (Å²) < 4.78 is 7.12. The van der Waals surface area contributed by atoms with Gasteiger partial charge in [0.1, 0.15) is 23.5 Å². The molecule has 2 aliphatic rings. The van der Waals surface area contributed by atoms with Crippen molar-refractivity contribution in [3.8, 4) is 0 Å². The Hall–Kier alpha value is -3.42. The standard InChI is InChI=1S/C23H25N5O3/c29-22(25-8-1-3-18-4-2-10-31-18)19-5-6-20-17-11-16(13-28(20)23(19)30)12-27(14-17)21-7-9-24-15-26-21/h2,4-7,9-10,15-17H,1,3,8,11-14H2,(H,25,29)/t16-,17+/m0/s1. The maximum Gasteiger partial charge on any atom is 0.263 e. The molecule has 1 saturated heterocycles. The van der Waals surface area contributed by atoms with Crippen LogP contribution >= 0.6 is 0 Å². The number of aromatic nitrogens is 3. The number of hydrogen-bond donors (Lipinski definition) is 1. The lowest BCUT2D eigenvalue weighted by atomic mass is 9.83. The van der Waals surface area contributed by atoms with Crippen molar-refractivity contribution in [2.24, 2.45) is 5.92 Å². The summed E-state index contributed by atoms with van der Waals surface area (Å²) in [6, 6.07) is 9.32. The van der Waals surface area contributed by atoms with E-state index in [0.717, 1.165) is 49.6 Å². The third-order valence-corrected chi connectivity index (χ3v) is 6.20. The molecular formula is C23H25N5O3. The Labute approximate surface area is 179 Å². The lowest BCUT2D eigenvalue weighted by molar-refractivity contribution is 0.0950. The first kappa shape index (κ1) is 19.5. The lowest BCUT2D eigenvalue weighted by Gasteiger charge is -2.43. The minimum Gasteiger partial charge on any atom is -0.469 e. The zero-order chi connectivity index (χ0) is 21.2. The van der Waals surface area contributed by atoms with Crippen LogP contribution < -0.4 is 15.8 Å². The average molecular weight is 419 g/mol. The zero-order valence-corrected chi connectivity index (χ0v) is 17.2. The molecule has 1 amide bonds. The largest absolute Gasteiger partial charge is 0.469 e. The molecule has 2 bridgehead atoms. The van der Waals surface area contributed by atoms with Gasteiger partial charge in [-0.15, -0.1) is 0 Å². The van der Waals surface area contributed by atoms with E-state index in [1.54, 1.807) is 24.9 Å². The number of furan rings is 1. The van der Waals surface area contributed by atoms with Crippen LogP contribution in [0, 0.1) is 5.92 Å². The normalized spacial score (nSPS) is 19.7. The van der Waals surface area contributed by atoms with Crippen molar-refractivity contribution in [1.29, 1.82) is 0 Å². The highest BCUT2D eigenvalue weighted by Crippen LogP contribution is 2.36. The molecule has 8 nitrogen and oxygen atoms in total. The van der Waals surface area contributed by atoms with Gasteiger partial charge >= 0.3 is 0 Å². The minimum atomic E-state index is -0.307. The third-order valence-electron chi connectivity index (χ3n) is 6.20. The Kier molecular flexibility index (Phi) is 5.28. The predicted molar refractivity (Wildman–Crippen MR) is 115 cm³/mol. The first-order valence-electron chi connectivity index (χ1n) is 10.7. The molecule has 3 aromatic rings. The van der Waals surface area contributed by atoms with Crippen LogP contribution in [0.25, 0.3) is 0 Å². The fourth-order valence-electron chi connectivity index (χ4n) is 4.79. The highest BCUT2D eigenvalue weighted by atomic mass is 16.3. The number of piperidine rings is 1. The van der Waals surface area contributed by atoms with Crippen molar-refractivity contribution in [3.05, 3.63) is 76.5 Å². The third kappa shape index (κ3) is 3.97. The first-order valence-corrected chi connectivity index (χ1v) is 10.7. The number of pyridine rings is 1. The topological polar surface area (TPSA) is 93.3 Å². The summed E-state index contributed by atoms with van der Waals surface area (Å²) in [7, 11) is 0. The van der Waals surface area contributed by atoms with Gasteiger partial charge in [-0.2, -0.15) is 0 Å². The van der Waals surface area contributed by atoms with Crippen molar-refractivity contribution < 1.29 is 9.21 Å². The molecule has 1 N–H and O–H groups in total. The second-order valence-electron chi connectivity index (χ2n) is 8.30. The number of hydrogen-bond acceptors (Lipinski definition) is 6. The second-order valence-corrected chi connectivity index (χ2v) is 8.30. The molecule has 160 valence electrons. The van der Waals surface area contributed by atoms with Crippen LogP contribution in [-0.2, 0) is 13.0 Å². The van der Waals surface area contributed by atoms with E-state index in [1.165, 1.54) is 0 Å². The number of anilines is 1. The van der Waals surface area contributed by atoms with Gasteiger partial charge < -0.3 is 19.2 Å². The fraction of sp³-hybridized carbons (Fsp3) is 0.391. The predicted octanol–water partition coefficient (Wildman–Crippen LogP) is 2.22. The van der Waals surface area contributed by atoms with E-state index in [9.17, 15) is 9.59 Å². The molecule has 0 aromatic carbocycles. The van der Waals surface area contributed by atoms with Crippen molar-refractivity contribution in [2.75, 3.05) is 24.5 Å². The maximum atomic E-state index is 13.1. The molecule has 0 spiro atoms. The molecule has 0 aliphatic carbocycles. The van der Waals surface area contributed by atoms with Crippen molar-refractivity contribution in [1.82, 2.24) is 19.9 Å². The molecule has 2 atom stereocenters. The molecule has 31 heavy (non-hydrogen) atoms. The summed E-state index contributed by atoms with van der Waals surface area (Å²) >= 11 is 0. The van der Waals surface area contributed by atoms with E-state index in [-0.39, 0.29) is 22.9 Å². The van der Waals surface area contributed by atoms with E-state index >= 15 is 0 Å². The van der Waals surface area contributed by atoms with E-state index in [4.69, 9.17) is 4.42 Å². The van der Waals surface area contributed by atoms with Gasteiger partial charge in [0.2, 0.25) is 0 Å². The van der Waals surface area contributed by atoms with Crippen molar-refractivity contribution in [3.63, 3.8) is 0 Å². The number of rotatable bonds is 6. The highest BCUT2D eigenvalue weighted by Gasteiger charge is 2.35. The van der Waals surface area contributed by atoms with Gasteiger partial charge in [-0.1, -0.05) is 0 Å². The van der Waals surface area contributed by atoms with Crippen LogP contribution in [0.5, 0.6) is 0 Å². The van der Waals surface area contributed by atoms with Gasteiger partial charge in [0.15, 0.2) is 0 Å². The molecule has 5 rings (SSSR count). The van der Waals surface area contributed by atoms with Crippen LogP contribution in [0.4, 0.5) is 5.82 Å². The molecular weight excluding hydrogens is 394 g/mol. The first-order chi connectivity index (χ1) is 15.2. The van der Waals surface area contributed by atoms with Crippen LogP contribution in [-0.4, -0.2) is 40.1 Å². The summed E-state index contributed by atoms with van der Waals surface area (Å²) in [6.07, 6.45) is 7.53. The number of nitrogens with zero attached hydrogens (tertiary/aromatic N) is 4. The Balaban J connectivity index is 1.28. The number of carbonyl (C=O) groups is 1. The van der Waals surface area contributed by atoms with Gasteiger partial charge in [-0.05, 0) is 49.1 Å². The Bertz CT molecular complexity index is 1110. The summed E-state index contributed by atoms with van der Waals surface area (Å²) in [4.78, 5) is 36.4. The van der Waals surface area contributed by atoms with Gasteiger partial charge in [0, 0.05) is 50.4 Å². The van der Waals surface area contributed by atoms with E-state index in [2.05, 4.69) is 20.2 Å². The quantitative estimate of drug-likeness (QED) is 0.616. The Morgan fingerprint density at radius 2 is 2.13 bits per heavy atom. The number of fused-ring (bicyclic) bond motifs is 4. The molecule has 1 fully saturated rings. The fourth-order valence-corrected chi connectivity index (χ4v) is 4.79. The molecule has 0 radical (unpaired) electrons. The van der Waals surface area contributed by atoms with Gasteiger partial charge in [0.05, 0.1) is 6.26 Å². The van der Waals surface area contributed by atoms with Crippen LogP contribution in [0.1, 0.15) is 40.6 Å². The molecule has 2 aliphatic heterocycles. The smallest absolute Gasteiger partial charge is 0.263 e. The Morgan fingerprint density at radius 1 is 1.19 bits per heavy atom. The Morgan fingerprint density at radius 3 is 2.94 bits per heavy atom. The molecule has 8 heteroatoms. The molecule has 3 aromatic heterocycles. The lowest BCUT2D eigenvalue weighted by Crippen LogP contribution is -2.48. The molecule has 0 saturated carbocycles. The van der Waals surface area contributed by atoms with Crippen LogP contribution in [0.15, 0.2) is 58.3 Å². The molecule has 5 heterocycles. The summed E-state index contributed by atoms with van der Waals surface area (Å²) in [5.74, 6) is 2.11. The monoisotopic (exact) mass is 419 g/mol.